The zero-order valence-corrected chi connectivity index (χ0v) is 8.45. The van der Waals surface area contributed by atoms with E-state index in [0.29, 0.717) is 11.1 Å². The second kappa shape index (κ2) is 4.20. The normalized spacial score (nSPS) is 12.2. The van der Waals surface area contributed by atoms with Gasteiger partial charge in [-0.25, -0.2) is 0 Å². The van der Waals surface area contributed by atoms with Gasteiger partial charge in [0.05, 0.1) is 6.10 Å². The fourth-order valence-corrected chi connectivity index (χ4v) is 1.16. The van der Waals surface area contributed by atoms with Crippen LogP contribution in [0.15, 0.2) is 30.8 Å². The molecule has 1 N–H and O–H groups in total. The minimum Gasteiger partial charge on any atom is -0.389 e. The van der Waals surface area contributed by atoms with E-state index in [9.17, 15) is 9.90 Å². The third-order valence-electron chi connectivity index (χ3n) is 2.17. The number of carbonyl (C=O) groups excluding carboxylic acids is 1. The third-order valence-corrected chi connectivity index (χ3v) is 2.17. The highest BCUT2D eigenvalue weighted by Crippen LogP contribution is 2.16. The quantitative estimate of drug-likeness (QED) is 0.742. The van der Waals surface area contributed by atoms with E-state index in [-0.39, 0.29) is 5.78 Å². The minimum atomic E-state index is -0.557. The molecule has 0 heterocycles. The highest BCUT2D eigenvalue weighted by Gasteiger charge is 2.05. The molecular formula is C12H14O2. The van der Waals surface area contributed by atoms with Crippen molar-refractivity contribution in [3.8, 4) is 0 Å². The van der Waals surface area contributed by atoms with E-state index in [1.807, 2.05) is 0 Å². The van der Waals surface area contributed by atoms with Crippen LogP contribution < -0.4 is 0 Å². The lowest BCUT2D eigenvalue weighted by atomic mass is 10.0. The predicted molar refractivity (Wildman–Crippen MR) is 57.2 cm³/mol. The van der Waals surface area contributed by atoms with Crippen LogP contribution in [0.25, 0.3) is 5.57 Å². The summed E-state index contributed by atoms with van der Waals surface area (Å²) < 4.78 is 0. The highest BCUT2D eigenvalue weighted by atomic mass is 16.3. The first-order chi connectivity index (χ1) is 6.52. The Morgan fingerprint density at radius 1 is 1.29 bits per heavy atom. The van der Waals surface area contributed by atoms with Gasteiger partial charge in [-0.1, -0.05) is 30.8 Å². The fourth-order valence-electron chi connectivity index (χ4n) is 1.16. The van der Waals surface area contributed by atoms with Crippen LogP contribution >= 0.6 is 0 Å². The van der Waals surface area contributed by atoms with E-state index >= 15 is 0 Å². The Morgan fingerprint density at radius 2 is 1.71 bits per heavy atom. The Balaban J connectivity index is 2.94. The molecule has 1 aromatic rings. The Hall–Kier alpha value is -1.41. The maximum absolute atomic E-state index is 11.0. The Kier molecular flexibility index (Phi) is 3.20. The summed E-state index contributed by atoms with van der Waals surface area (Å²) in [4.78, 5) is 11.0. The van der Waals surface area contributed by atoms with Crippen molar-refractivity contribution >= 4 is 11.4 Å². The standard InChI is InChI=1S/C12H14O2/c1-8(9(2)13)11-4-6-12(7-5-11)10(3)14/h4-7,9,13H,1H2,2-3H3. The molecule has 0 bridgehead atoms. The second-order valence-corrected chi connectivity index (χ2v) is 3.33. The smallest absolute Gasteiger partial charge is 0.159 e. The lowest BCUT2D eigenvalue weighted by Gasteiger charge is -2.08. The monoisotopic (exact) mass is 190 g/mol. The number of aliphatic hydroxyl groups excluding tert-OH is 1. The van der Waals surface area contributed by atoms with Crippen LogP contribution in [-0.4, -0.2) is 17.0 Å². The first-order valence-electron chi connectivity index (χ1n) is 4.50. The van der Waals surface area contributed by atoms with Crippen molar-refractivity contribution in [2.75, 3.05) is 0 Å². The molecule has 0 saturated heterocycles. The van der Waals surface area contributed by atoms with E-state index in [4.69, 9.17) is 0 Å². The zero-order valence-electron chi connectivity index (χ0n) is 8.45. The van der Waals surface area contributed by atoms with Gasteiger partial charge < -0.3 is 5.11 Å². The molecule has 1 rings (SSSR count). The lowest BCUT2D eigenvalue weighted by molar-refractivity contribution is 0.101. The molecule has 2 nitrogen and oxygen atoms in total. The average Bonchev–Trinajstić information content (AvgIpc) is 2.16. The van der Waals surface area contributed by atoms with Crippen LogP contribution in [-0.2, 0) is 0 Å². The van der Waals surface area contributed by atoms with E-state index in [1.54, 1.807) is 31.2 Å². The predicted octanol–water partition coefficient (Wildman–Crippen LogP) is 2.28. The van der Waals surface area contributed by atoms with Gasteiger partial charge in [0, 0.05) is 5.56 Å². The minimum absolute atomic E-state index is 0.0409. The molecule has 0 spiro atoms. The molecule has 0 radical (unpaired) electrons. The Bertz CT molecular complexity index is 347. The maximum atomic E-state index is 11.0. The summed E-state index contributed by atoms with van der Waals surface area (Å²) in [6, 6.07) is 7.08. The maximum Gasteiger partial charge on any atom is 0.159 e. The second-order valence-electron chi connectivity index (χ2n) is 3.33. The molecule has 2 heteroatoms. The molecule has 74 valence electrons. The van der Waals surface area contributed by atoms with Crippen molar-refractivity contribution in [3.05, 3.63) is 42.0 Å². The Morgan fingerprint density at radius 3 is 2.07 bits per heavy atom. The number of rotatable bonds is 3. The van der Waals surface area contributed by atoms with Gasteiger partial charge in [0.2, 0.25) is 0 Å². The molecule has 0 saturated carbocycles. The van der Waals surface area contributed by atoms with Crippen molar-refractivity contribution in [2.45, 2.75) is 20.0 Å². The van der Waals surface area contributed by atoms with E-state index < -0.39 is 6.10 Å². The summed E-state index contributed by atoms with van der Waals surface area (Å²) in [5.74, 6) is 0.0409. The van der Waals surface area contributed by atoms with Crippen LogP contribution in [0.5, 0.6) is 0 Å². The number of carbonyl (C=O) groups is 1. The number of benzene rings is 1. The van der Waals surface area contributed by atoms with E-state index in [1.165, 1.54) is 6.92 Å². The molecule has 0 fully saturated rings. The SMILES string of the molecule is C=C(c1ccc(C(C)=O)cc1)C(C)O. The molecule has 1 aromatic carbocycles. The van der Waals surface area contributed by atoms with Crippen molar-refractivity contribution in [1.82, 2.24) is 0 Å². The third kappa shape index (κ3) is 2.30. The van der Waals surface area contributed by atoms with Gasteiger partial charge in [0.25, 0.3) is 0 Å². The molecule has 1 unspecified atom stereocenters. The number of ketones is 1. The number of hydrogen-bond donors (Lipinski definition) is 1. The Labute approximate surface area is 83.9 Å². The molecule has 0 amide bonds. The number of aliphatic hydroxyl groups is 1. The van der Waals surface area contributed by atoms with Gasteiger partial charge in [0.15, 0.2) is 5.78 Å². The summed E-state index contributed by atoms with van der Waals surface area (Å²) in [5.41, 5.74) is 2.21. The van der Waals surface area contributed by atoms with Gasteiger partial charge in [-0.3, -0.25) is 4.79 Å². The zero-order chi connectivity index (χ0) is 10.7. The fraction of sp³-hybridized carbons (Fsp3) is 0.250. The van der Waals surface area contributed by atoms with Gasteiger partial charge in [-0.15, -0.1) is 0 Å². The van der Waals surface area contributed by atoms with Crippen molar-refractivity contribution < 1.29 is 9.90 Å². The van der Waals surface area contributed by atoms with E-state index in [0.717, 1.165) is 5.56 Å². The first-order valence-corrected chi connectivity index (χ1v) is 4.50. The summed E-state index contributed by atoms with van der Waals surface area (Å²) in [7, 11) is 0. The van der Waals surface area contributed by atoms with Crippen LogP contribution in [0.1, 0.15) is 29.8 Å². The highest BCUT2D eigenvalue weighted by molar-refractivity contribution is 5.94. The number of Topliss-reactive ketones (excluding diaryl/α,β-unsaturated/α-hetero) is 1. The molecule has 0 aliphatic heterocycles. The van der Waals surface area contributed by atoms with Crippen molar-refractivity contribution in [3.63, 3.8) is 0 Å². The molecule has 0 aliphatic carbocycles. The molecule has 0 aliphatic rings. The average molecular weight is 190 g/mol. The molecule has 0 aromatic heterocycles. The van der Waals surface area contributed by atoms with Crippen LogP contribution in [0, 0.1) is 0 Å². The summed E-state index contributed by atoms with van der Waals surface area (Å²) >= 11 is 0. The van der Waals surface area contributed by atoms with E-state index in [2.05, 4.69) is 6.58 Å². The first kappa shape index (κ1) is 10.7. The van der Waals surface area contributed by atoms with Crippen molar-refractivity contribution in [2.24, 2.45) is 0 Å². The molecular weight excluding hydrogens is 176 g/mol. The van der Waals surface area contributed by atoms with Crippen LogP contribution in [0.3, 0.4) is 0 Å². The van der Waals surface area contributed by atoms with Gasteiger partial charge in [-0.2, -0.15) is 0 Å². The largest absolute Gasteiger partial charge is 0.389 e. The summed E-state index contributed by atoms with van der Waals surface area (Å²) in [5, 5.41) is 9.29. The van der Waals surface area contributed by atoms with Crippen LogP contribution in [0.2, 0.25) is 0 Å². The lowest BCUT2D eigenvalue weighted by Crippen LogP contribution is -2.02. The van der Waals surface area contributed by atoms with Crippen molar-refractivity contribution in [1.29, 1.82) is 0 Å². The molecule has 1 atom stereocenters. The van der Waals surface area contributed by atoms with Gasteiger partial charge in [-0.05, 0) is 25.0 Å². The summed E-state index contributed by atoms with van der Waals surface area (Å²) in [6.45, 7) is 6.96. The van der Waals surface area contributed by atoms with Gasteiger partial charge >= 0.3 is 0 Å². The van der Waals surface area contributed by atoms with Crippen LogP contribution in [0.4, 0.5) is 0 Å². The topological polar surface area (TPSA) is 37.3 Å². The summed E-state index contributed by atoms with van der Waals surface area (Å²) in [6.07, 6.45) is -0.557. The van der Waals surface area contributed by atoms with Gasteiger partial charge in [0.1, 0.15) is 0 Å². The molecule has 14 heavy (non-hydrogen) atoms. The number of hydrogen-bond acceptors (Lipinski definition) is 2.